The SMILES string of the molecule is O=C(NCC1CCCCN1c1ccc([N+](=O)[O-])cc1F)Nc1ccccc1. The maximum absolute atomic E-state index is 14.4. The van der Waals surface area contributed by atoms with Gasteiger partial charge in [-0.15, -0.1) is 0 Å². The topological polar surface area (TPSA) is 87.5 Å². The molecule has 3 rings (SSSR count). The van der Waals surface area contributed by atoms with Crippen molar-refractivity contribution < 1.29 is 14.1 Å². The summed E-state index contributed by atoms with van der Waals surface area (Å²) in [5.41, 5.74) is 0.748. The fourth-order valence-electron chi connectivity index (χ4n) is 3.28. The van der Waals surface area contributed by atoms with E-state index in [0.29, 0.717) is 24.5 Å². The number of non-ortho nitro benzene ring substituents is 1. The second-order valence-electron chi connectivity index (χ2n) is 6.44. The van der Waals surface area contributed by atoms with E-state index < -0.39 is 10.7 Å². The van der Waals surface area contributed by atoms with E-state index in [4.69, 9.17) is 0 Å². The zero-order chi connectivity index (χ0) is 19.2. The number of para-hydroxylation sites is 1. The summed E-state index contributed by atoms with van der Waals surface area (Å²) in [6.07, 6.45) is 2.70. The van der Waals surface area contributed by atoms with Crippen molar-refractivity contribution in [2.45, 2.75) is 25.3 Å². The van der Waals surface area contributed by atoms with Crippen molar-refractivity contribution in [3.8, 4) is 0 Å². The Kier molecular flexibility index (Phi) is 5.85. The highest BCUT2D eigenvalue weighted by molar-refractivity contribution is 5.89. The van der Waals surface area contributed by atoms with E-state index in [2.05, 4.69) is 10.6 Å². The van der Waals surface area contributed by atoms with Gasteiger partial charge in [-0.1, -0.05) is 18.2 Å². The zero-order valence-corrected chi connectivity index (χ0v) is 14.7. The Morgan fingerprint density at radius 2 is 2.00 bits per heavy atom. The summed E-state index contributed by atoms with van der Waals surface area (Å²) in [5, 5.41) is 16.4. The van der Waals surface area contributed by atoms with Crippen LogP contribution in [0, 0.1) is 15.9 Å². The minimum atomic E-state index is -0.621. The van der Waals surface area contributed by atoms with Crippen molar-refractivity contribution in [1.82, 2.24) is 5.32 Å². The second-order valence-corrected chi connectivity index (χ2v) is 6.44. The van der Waals surface area contributed by atoms with Crippen LogP contribution in [0.25, 0.3) is 0 Å². The summed E-state index contributed by atoms with van der Waals surface area (Å²) in [6, 6.07) is 12.4. The first-order chi connectivity index (χ1) is 13.0. The molecule has 2 aromatic rings. The number of carbonyl (C=O) groups is 1. The number of nitrogens with one attached hydrogen (secondary N) is 2. The third kappa shape index (κ3) is 4.72. The number of piperidine rings is 1. The molecule has 7 nitrogen and oxygen atoms in total. The maximum Gasteiger partial charge on any atom is 0.319 e. The molecular weight excluding hydrogens is 351 g/mol. The zero-order valence-electron chi connectivity index (χ0n) is 14.7. The third-order valence-corrected chi connectivity index (χ3v) is 4.61. The molecule has 0 spiro atoms. The predicted octanol–water partition coefficient (Wildman–Crippen LogP) is 3.91. The molecule has 1 aliphatic rings. The summed E-state index contributed by atoms with van der Waals surface area (Å²) in [4.78, 5) is 24.2. The van der Waals surface area contributed by atoms with Gasteiger partial charge < -0.3 is 15.5 Å². The molecule has 1 heterocycles. The number of hydrogen-bond acceptors (Lipinski definition) is 4. The van der Waals surface area contributed by atoms with Gasteiger partial charge in [-0.2, -0.15) is 0 Å². The van der Waals surface area contributed by atoms with Crippen LogP contribution in [0.4, 0.5) is 26.2 Å². The fourth-order valence-corrected chi connectivity index (χ4v) is 3.28. The Labute approximate surface area is 156 Å². The molecule has 1 fully saturated rings. The number of halogens is 1. The van der Waals surface area contributed by atoms with E-state index in [1.807, 2.05) is 23.1 Å². The standard InChI is InChI=1S/C19H21FN4O3/c20-17-12-15(24(26)27)9-10-18(17)23-11-5-4-8-16(23)13-21-19(25)22-14-6-2-1-3-7-14/h1-3,6-7,9-10,12,16H,4-5,8,11,13H2,(H2,21,22,25). The van der Waals surface area contributed by atoms with Crippen LogP contribution in [-0.2, 0) is 0 Å². The van der Waals surface area contributed by atoms with Crippen LogP contribution in [0.2, 0.25) is 0 Å². The van der Waals surface area contributed by atoms with Gasteiger partial charge in [0.25, 0.3) is 5.69 Å². The summed E-state index contributed by atoms with van der Waals surface area (Å²) in [6.45, 7) is 0.997. The van der Waals surface area contributed by atoms with E-state index in [-0.39, 0.29) is 17.8 Å². The summed E-state index contributed by atoms with van der Waals surface area (Å²) >= 11 is 0. The van der Waals surface area contributed by atoms with Gasteiger partial charge in [-0.3, -0.25) is 10.1 Å². The Morgan fingerprint density at radius 3 is 2.70 bits per heavy atom. The molecule has 0 radical (unpaired) electrons. The summed E-state index contributed by atoms with van der Waals surface area (Å²) < 4.78 is 14.4. The second kappa shape index (κ2) is 8.48. The molecule has 1 aliphatic heterocycles. The first-order valence-corrected chi connectivity index (χ1v) is 8.85. The van der Waals surface area contributed by atoms with Crippen LogP contribution in [0.5, 0.6) is 0 Å². The molecule has 0 aliphatic carbocycles. The lowest BCUT2D eigenvalue weighted by molar-refractivity contribution is -0.385. The van der Waals surface area contributed by atoms with Gasteiger partial charge in [-0.05, 0) is 37.5 Å². The van der Waals surface area contributed by atoms with Crippen molar-refractivity contribution in [3.05, 3.63) is 64.5 Å². The van der Waals surface area contributed by atoms with Crippen molar-refractivity contribution in [2.24, 2.45) is 0 Å². The smallest absolute Gasteiger partial charge is 0.319 e. The number of nitrogens with zero attached hydrogens (tertiary/aromatic N) is 2. The van der Waals surface area contributed by atoms with E-state index in [1.165, 1.54) is 12.1 Å². The Balaban J connectivity index is 1.65. The predicted molar refractivity (Wildman–Crippen MR) is 102 cm³/mol. The lowest BCUT2D eigenvalue weighted by Crippen LogP contribution is -2.48. The summed E-state index contributed by atoms with van der Waals surface area (Å²) in [7, 11) is 0. The monoisotopic (exact) mass is 372 g/mol. The molecule has 0 bridgehead atoms. The normalized spacial score (nSPS) is 16.6. The van der Waals surface area contributed by atoms with Gasteiger partial charge >= 0.3 is 6.03 Å². The number of nitro groups is 1. The maximum atomic E-state index is 14.4. The number of urea groups is 1. The van der Waals surface area contributed by atoms with E-state index >= 15 is 0 Å². The lowest BCUT2D eigenvalue weighted by Gasteiger charge is -2.37. The Hall–Kier alpha value is -3.16. The molecule has 0 saturated carbocycles. The highest BCUT2D eigenvalue weighted by atomic mass is 19.1. The molecule has 2 N–H and O–H groups in total. The average Bonchev–Trinajstić information content (AvgIpc) is 2.67. The molecule has 2 aromatic carbocycles. The van der Waals surface area contributed by atoms with Gasteiger partial charge in [0.2, 0.25) is 0 Å². The number of rotatable bonds is 5. The minimum Gasteiger partial charge on any atom is -0.364 e. The van der Waals surface area contributed by atoms with Gasteiger partial charge in [0, 0.05) is 30.9 Å². The van der Waals surface area contributed by atoms with Crippen LogP contribution in [-0.4, -0.2) is 30.1 Å². The molecule has 0 aromatic heterocycles. The molecule has 27 heavy (non-hydrogen) atoms. The number of benzene rings is 2. The molecule has 1 unspecified atom stereocenters. The van der Waals surface area contributed by atoms with Crippen LogP contribution in [0.1, 0.15) is 19.3 Å². The average molecular weight is 372 g/mol. The van der Waals surface area contributed by atoms with Crippen molar-refractivity contribution >= 4 is 23.1 Å². The summed E-state index contributed by atoms with van der Waals surface area (Å²) in [5.74, 6) is -0.621. The van der Waals surface area contributed by atoms with Crippen LogP contribution < -0.4 is 15.5 Å². The van der Waals surface area contributed by atoms with Gasteiger partial charge in [0.15, 0.2) is 5.82 Å². The molecule has 1 atom stereocenters. The van der Waals surface area contributed by atoms with Gasteiger partial charge in [0.05, 0.1) is 16.7 Å². The first kappa shape index (κ1) is 18.6. The van der Waals surface area contributed by atoms with Crippen LogP contribution >= 0.6 is 0 Å². The van der Waals surface area contributed by atoms with E-state index in [9.17, 15) is 19.3 Å². The molecule has 1 saturated heterocycles. The number of amides is 2. The van der Waals surface area contributed by atoms with Crippen LogP contribution in [0.3, 0.4) is 0 Å². The molecular formula is C19H21FN4O3. The highest BCUT2D eigenvalue weighted by Gasteiger charge is 2.26. The highest BCUT2D eigenvalue weighted by Crippen LogP contribution is 2.29. The number of hydrogen-bond donors (Lipinski definition) is 2. The lowest BCUT2D eigenvalue weighted by atomic mass is 10.0. The van der Waals surface area contributed by atoms with E-state index in [1.54, 1.807) is 12.1 Å². The largest absolute Gasteiger partial charge is 0.364 e. The number of anilines is 2. The third-order valence-electron chi connectivity index (χ3n) is 4.61. The van der Waals surface area contributed by atoms with Gasteiger partial charge in [0.1, 0.15) is 0 Å². The molecule has 142 valence electrons. The molecule has 8 heteroatoms. The number of nitro benzene ring substituents is 1. The van der Waals surface area contributed by atoms with Crippen molar-refractivity contribution in [2.75, 3.05) is 23.3 Å². The minimum absolute atomic E-state index is 0.0729. The first-order valence-electron chi connectivity index (χ1n) is 8.85. The van der Waals surface area contributed by atoms with Gasteiger partial charge in [-0.25, -0.2) is 9.18 Å². The molecule has 2 amide bonds. The Morgan fingerprint density at radius 1 is 1.22 bits per heavy atom. The Bertz CT molecular complexity index is 816. The quantitative estimate of drug-likeness (QED) is 0.615. The van der Waals surface area contributed by atoms with Crippen molar-refractivity contribution in [1.29, 1.82) is 0 Å². The fraction of sp³-hybridized carbons (Fsp3) is 0.316. The van der Waals surface area contributed by atoms with Crippen LogP contribution in [0.15, 0.2) is 48.5 Å². The van der Waals surface area contributed by atoms with E-state index in [0.717, 1.165) is 25.3 Å². The van der Waals surface area contributed by atoms with Crippen molar-refractivity contribution in [3.63, 3.8) is 0 Å². The number of carbonyl (C=O) groups excluding carboxylic acids is 1.